The highest BCUT2D eigenvalue weighted by atomic mass is 32.2. The van der Waals surface area contributed by atoms with E-state index in [4.69, 9.17) is 21.7 Å². The van der Waals surface area contributed by atoms with Crippen molar-refractivity contribution in [2.24, 2.45) is 0 Å². The van der Waals surface area contributed by atoms with Crippen LogP contribution < -0.4 is 0 Å². The fourth-order valence-electron chi connectivity index (χ4n) is 1.07. The SMILES string of the molecule is C=C(C)C(=O)OCC1OC(=S)SC1(C)C. The minimum absolute atomic E-state index is 0.146. The Bertz CT molecular complexity index is 310. The van der Waals surface area contributed by atoms with Gasteiger partial charge in [0.15, 0.2) is 0 Å². The van der Waals surface area contributed by atoms with E-state index in [2.05, 4.69) is 6.58 Å². The topological polar surface area (TPSA) is 35.5 Å². The van der Waals surface area contributed by atoms with Gasteiger partial charge in [0.1, 0.15) is 12.7 Å². The lowest BCUT2D eigenvalue weighted by Gasteiger charge is -2.22. The monoisotopic (exact) mass is 246 g/mol. The van der Waals surface area contributed by atoms with E-state index in [0.717, 1.165) is 0 Å². The van der Waals surface area contributed by atoms with Gasteiger partial charge >= 0.3 is 5.97 Å². The van der Waals surface area contributed by atoms with E-state index in [1.807, 2.05) is 13.8 Å². The molecule has 1 unspecified atom stereocenters. The highest BCUT2D eigenvalue weighted by Gasteiger charge is 2.41. The molecule has 1 aliphatic heterocycles. The molecule has 0 aromatic heterocycles. The van der Waals surface area contributed by atoms with Crippen LogP contribution in [0.2, 0.25) is 0 Å². The molecule has 1 heterocycles. The minimum atomic E-state index is -0.391. The van der Waals surface area contributed by atoms with Gasteiger partial charge in [-0.1, -0.05) is 18.3 Å². The predicted molar refractivity (Wildman–Crippen MR) is 64.9 cm³/mol. The normalized spacial score (nSPS) is 23.4. The molecule has 3 nitrogen and oxygen atoms in total. The molecule has 84 valence electrons. The van der Waals surface area contributed by atoms with Crippen LogP contribution in [-0.4, -0.2) is 27.8 Å². The Balaban J connectivity index is 2.49. The summed E-state index contributed by atoms with van der Waals surface area (Å²) >= 11 is 6.45. The molecule has 1 fully saturated rings. The lowest BCUT2D eigenvalue weighted by atomic mass is 10.1. The molecule has 0 radical (unpaired) electrons. The van der Waals surface area contributed by atoms with E-state index >= 15 is 0 Å². The molecule has 1 rings (SSSR count). The van der Waals surface area contributed by atoms with Crippen molar-refractivity contribution in [2.75, 3.05) is 6.61 Å². The summed E-state index contributed by atoms with van der Waals surface area (Å²) in [5.74, 6) is -0.391. The van der Waals surface area contributed by atoms with Crippen LogP contribution in [0, 0.1) is 0 Å². The van der Waals surface area contributed by atoms with Crippen molar-refractivity contribution in [3.05, 3.63) is 12.2 Å². The van der Waals surface area contributed by atoms with Crippen molar-refractivity contribution in [3.8, 4) is 0 Å². The molecule has 0 N–H and O–H groups in total. The standard InChI is InChI=1S/C10H14O3S2/c1-6(2)8(11)12-5-7-10(3,4)15-9(14)13-7/h7H,1,5H2,2-4H3. The maximum atomic E-state index is 11.2. The first-order valence-electron chi connectivity index (χ1n) is 4.55. The predicted octanol–water partition coefficient (Wildman–Crippen LogP) is 2.30. The Morgan fingerprint density at radius 1 is 1.73 bits per heavy atom. The maximum absolute atomic E-state index is 11.2. The minimum Gasteiger partial charge on any atom is -0.470 e. The average Bonchev–Trinajstić information content (AvgIpc) is 2.34. The first-order chi connectivity index (χ1) is 6.83. The van der Waals surface area contributed by atoms with Crippen LogP contribution in [-0.2, 0) is 14.3 Å². The van der Waals surface area contributed by atoms with E-state index < -0.39 is 5.97 Å². The molecule has 0 spiro atoms. The van der Waals surface area contributed by atoms with Gasteiger partial charge in [0, 0.05) is 5.57 Å². The van der Waals surface area contributed by atoms with Gasteiger partial charge in [-0.2, -0.15) is 0 Å². The third kappa shape index (κ3) is 3.21. The smallest absolute Gasteiger partial charge is 0.333 e. The summed E-state index contributed by atoms with van der Waals surface area (Å²) < 4.78 is 10.8. The van der Waals surface area contributed by atoms with Gasteiger partial charge in [-0.3, -0.25) is 0 Å². The lowest BCUT2D eigenvalue weighted by Crippen LogP contribution is -2.34. The fourth-order valence-corrected chi connectivity index (χ4v) is 2.67. The van der Waals surface area contributed by atoms with Crippen molar-refractivity contribution in [2.45, 2.75) is 31.6 Å². The summed E-state index contributed by atoms with van der Waals surface area (Å²) in [7, 11) is 0. The molecule has 1 saturated heterocycles. The third-order valence-corrected chi connectivity index (χ3v) is 3.47. The van der Waals surface area contributed by atoms with Gasteiger partial charge in [-0.05, 0) is 33.0 Å². The van der Waals surface area contributed by atoms with Crippen molar-refractivity contribution >= 4 is 34.3 Å². The number of rotatable bonds is 3. The number of hydrogen-bond donors (Lipinski definition) is 0. The first kappa shape index (κ1) is 12.5. The van der Waals surface area contributed by atoms with Crippen LogP contribution in [0.4, 0.5) is 0 Å². The summed E-state index contributed by atoms with van der Waals surface area (Å²) in [5, 5.41) is 0. The van der Waals surface area contributed by atoms with Crippen LogP contribution in [0.25, 0.3) is 0 Å². The molecule has 0 aliphatic carbocycles. The molecule has 1 aliphatic rings. The molecule has 15 heavy (non-hydrogen) atoms. The van der Waals surface area contributed by atoms with Crippen LogP contribution in [0.15, 0.2) is 12.2 Å². The highest BCUT2D eigenvalue weighted by molar-refractivity contribution is 8.23. The van der Waals surface area contributed by atoms with Gasteiger partial charge in [0.2, 0.25) is 4.38 Å². The van der Waals surface area contributed by atoms with E-state index in [0.29, 0.717) is 9.96 Å². The number of ether oxygens (including phenoxy) is 2. The highest BCUT2D eigenvalue weighted by Crippen LogP contribution is 2.39. The van der Waals surface area contributed by atoms with Crippen molar-refractivity contribution in [1.29, 1.82) is 0 Å². The first-order valence-corrected chi connectivity index (χ1v) is 5.77. The molecule has 0 bridgehead atoms. The Labute approximate surface area is 99.2 Å². The third-order valence-electron chi connectivity index (χ3n) is 2.07. The number of carbonyl (C=O) groups is 1. The van der Waals surface area contributed by atoms with Gasteiger partial charge < -0.3 is 9.47 Å². The van der Waals surface area contributed by atoms with E-state index in [-0.39, 0.29) is 17.5 Å². The molecule has 0 amide bonds. The quantitative estimate of drug-likeness (QED) is 0.434. The zero-order chi connectivity index (χ0) is 11.6. The summed E-state index contributed by atoms with van der Waals surface area (Å²) in [6.45, 7) is 9.35. The lowest BCUT2D eigenvalue weighted by molar-refractivity contribution is -0.141. The fraction of sp³-hybridized carbons (Fsp3) is 0.600. The molecule has 1 atom stereocenters. The Hall–Kier alpha value is -0.550. The summed E-state index contributed by atoms with van der Waals surface area (Å²) in [4.78, 5) is 11.2. The van der Waals surface area contributed by atoms with Crippen LogP contribution in [0.5, 0.6) is 0 Å². The number of thiocarbonyl (C=S) groups is 1. The van der Waals surface area contributed by atoms with Crippen LogP contribution in [0.3, 0.4) is 0 Å². The van der Waals surface area contributed by atoms with E-state index in [1.54, 1.807) is 6.92 Å². The second-order valence-corrected chi connectivity index (χ2v) is 6.20. The van der Waals surface area contributed by atoms with Crippen LogP contribution in [0.1, 0.15) is 20.8 Å². The van der Waals surface area contributed by atoms with Crippen LogP contribution >= 0.6 is 24.0 Å². The van der Waals surface area contributed by atoms with Gasteiger partial charge in [-0.15, -0.1) is 0 Å². The van der Waals surface area contributed by atoms with Crippen molar-refractivity contribution in [3.63, 3.8) is 0 Å². The van der Waals surface area contributed by atoms with E-state index in [9.17, 15) is 4.79 Å². The zero-order valence-electron chi connectivity index (χ0n) is 9.03. The number of hydrogen-bond acceptors (Lipinski definition) is 5. The van der Waals surface area contributed by atoms with Gasteiger partial charge in [0.25, 0.3) is 0 Å². The summed E-state index contributed by atoms with van der Waals surface area (Å²) in [6.07, 6.45) is -0.182. The summed E-state index contributed by atoms with van der Waals surface area (Å²) in [5.41, 5.74) is 0.390. The summed E-state index contributed by atoms with van der Waals surface area (Å²) in [6, 6.07) is 0. The Morgan fingerprint density at radius 3 is 2.73 bits per heavy atom. The maximum Gasteiger partial charge on any atom is 0.333 e. The number of esters is 1. The van der Waals surface area contributed by atoms with E-state index in [1.165, 1.54) is 11.8 Å². The molecule has 0 saturated carbocycles. The molecular weight excluding hydrogens is 232 g/mol. The van der Waals surface area contributed by atoms with Gasteiger partial charge in [-0.25, -0.2) is 4.79 Å². The molecule has 0 aromatic rings. The van der Waals surface area contributed by atoms with Gasteiger partial charge in [0.05, 0.1) is 4.75 Å². The Kier molecular flexibility index (Phi) is 3.78. The second kappa shape index (κ2) is 4.53. The number of carbonyl (C=O) groups excluding carboxylic acids is 1. The number of thioether (sulfide) groups is 1. The molecule has 5 heteroatoms. The molecule has 0 aromatic carbocycles. The van der Waals surface area contributed by atoms with Crippen molar-refractivity contribution in [1.82, 2.24) is 0 Å². The zero-order valence-corrected chi connectivity index (χ0v) is 10.7. The van der Waals surface area contributed by atoms with Crippen molar-refractivity contribution < 1.29 is 14.3 Å². The Morgan fingerprint density at radius 2 is 2.33 bits per heavy atom. The average molecular weight is 246 g/mol. The molecular formula is C10H14O3S2. The largest absolute Gasteiger partial charge is 0.470 e. The second-order valence-electron chi connectivity index (χ2n) is 3.94.